The molecule has 0 fully saturated rings. The Morgan fingerprint density at radius 3 is 2.75 bits per heavy atom. The van der Waals surface area contributed by atoms with Gasteiger partial charge in [0, 0.05) is 11.8 Å². The maximum absolute atomic E-state index is 8.69. The highest BCUT2D eigenvalue weighted by Crippen LogP contribution is 2.33. The lowest BCUT2D eigenvalue weighted by atomic mass is 10.2. The smallest absolute Gasteiger partial charge is 0.238 e. The molecule has 0 saturated carbocycles. The number of hydrogen-bond donors (Lipinski definition) is 2. The molecule has 0 spiro atoms. The summed E-state index contributed by atoms with van der Waals surface area (Å²) in [6.45, 7) is 1.92. The zero-order chi connectivity index (χ0) is 14.7. The molecule has 0 aliphatic carbocycles. The van der Waals surface area contributed by atoms with Gasteiger partial charge in [-0.05, 0) is 30.7 Å². The van der Waals surface area contributed by atoms with Gasteiger partial charge in [0.2, 0.25) is 5.88 Å². The van der Waals surface area contributed by atoms with E-state index in [1.54, 1.807) is 12.1 Å². The molecule has 0 aliphatic rings. The summed E-state index contributed by atoms with van der Waals surface area (Å²) in [4.78, 5) is 4.01. The van der Waals surface area contributed by atoms with Crippen molar-refractivity contribution in [2.24, 2.45) is 10.9 Å². The number of rotatable bonds is 3. The van der Waals surface area contributed by atoms with Gasteiger partial charge in [-0.2, -0.15) is 0 Å². The summed E-state index contributed by atoms with van der Waals surface area (Å²) < 4.78 is 5.56. The van der Waals surface area contributed by atoms with Crippen molar-refractivity contribution in [1.29, 1.82) is 0 Å². The molecule has 20 heavy (non-hydrogen) atoms. The van der Waals surface area contributed by atoms with Crippen LogP contribution in [0.25, 0.3) is 0 Å². The zero-order valence-electron chi connectivity index (χ0n) is 10.5. The fourth-order valence-electron chi connectivity index (χ4n) is 1.54. The first-order valence-corrected chi connectivity index (χ1v) is 6.35. The lowest BCUT2D eigenvalue weighted by molar-refractivity contribution is 0.318. The highest BCUT2D eigenvalue weighted by Gasteiger charge is 2.14. The van der Waals surface area contributed by atoms with Crippen molar-refractivity contribution in [3.63, 3.8) is 0 Å². The number of nitrogens with zero attached hydrogens (tertiary/aromatic N) is 2. The molecule has 1 aromatic heterocycles. The number of aromatic nitrogens is 1. The summed E-state index contributed by atoms with van der Waals surface area (Å²) in [6, 6.07) is 6.84. The van der Waals surface area contributed by atoms with Crippen LogP contribution >= 0.6 is 23.2 Å². The monoisotopic (exact) mass is 311 g/mol. The Morgan fingerprint density at radius 2 is 2.10 bits per heavy atom. The molecule has 5 nitrogen and oxygen atoms in total. The largest absolute Gasteiger partial charge is 0.436 e. The van der Waals surface area contributed by atoms with Crippen LogP contribution in [0.4, 0.5) is 0 Å². The Labute approximate surface area is 125 Å². The first-order valence-electron chi connectivity index (χ1n) is 5.59. The Kier molecular flexibility index (Phi) is 4.32. The van der Waals surface area contributed by atoms with Crippen molar-refractivity contribution in [2.45, 2.75) is 6.92 Å². The van der Waals surface area contributed by atoms with Crippen LogP contribution in [0.3, 0.4) is 0 Å². The first-order chi connectivity index (χ1) is 9.52. The minimum atomic E-state index is -0.128. The molecule has 2 aromatic rings. The van der Waals surface area contributed by atoms with E-state index in [0.29, 0.717) is 16.3 Å². The minimum Gasteiger partial charge on any atom is -0.436 e. The summed E-state index contributed by atoms with van der Waals surface area (Å²) in [5.41, 5.74) is 6.84. The molecule has 0 saturated heterocycles. The second-order valence-electron chi connectivity index (χ2n) is 4.00. The van der Waals surface area contributed by atoms with E-state index in [2.05, 4.69) is 10.1 Å². The third-order valence-corrected chi connectivity index (χ3v) is 3.20. The second kappa shape index (κ2) is 5.98. The molecular formula is C13H11Cl2N3O2. The number of benzene rings is 1. The van der Waals surface area contributed by atoms with Gasteiger partial charge in [-0.1, -0.05) is 34.4 Å². The molecule has 0 amide bonds. The Bertz CT molecular complexity index is 675. The Balaban J connectivity index is 2.39. The van der Waals surface area contributed by atoms with E-state index in [1.807, 2.05) is 13.0 Å². The molecule has 3 N–H and O–H groups in total. The number of ether oxygens (including phenoxy) is 1. The minimum absolute atomic E-state index is 0.126. The molecular weight excluding hydrogens is 301 g/mol. The fourth-order valence-corrected chi connectivity index (χ4v) is 2.06. The van der Waals surface area contributed by atoms with Crippen LogP contribution in [0.15, 0.2) is 35.6 Å². The number of aryl methyl sites for hydroxylation is 1. The molecule has 2 rings (SSSR count). The third kappa shape index (κ3) is 2.95. The van der Waals surface area contributed by atoms with E-state index >= 15 is 0 Å². The number of amidine groups is 1. The van der Waals surface area contributed by atoms with Gasteiger partial charge in [0.1, 0.15) is 10.8 Å². The molecule has 0 radical (unpaired) electrons. The van der Waals surface area contributed by atoms with E-state index in [1.165, 1.54) is 12.3 Å². The fraction of sp³-hybridized carbons (Fsp3) is 0.0769. The molecule has 0 aliphatic heterocycles. The van der Waals surface area contributed by atoms with Gasteiger partial charge < -0.3 is 15.7 Å². The van der Waals surface area contributed by atoms with Crippen LogP contribution < -0.4 is 10.5 Å². The van der Waals surface area contributed by atoms with Gasteiger partial charge in [0.15, 0.2) is 5.84 Å². The number of nitrogens with two attached hydrogens (primary N) is 1. The van der Waals surface area contributed by atoms with Gasteiger partial charge in [-0.3, -0.25) is 0 Å². The first kappa shape index (κ1) is 14.4. The van der Waals surface area contributed by atoms with E-state index in [9.17, 15) is 0 Å². The summed E-state index contributed by atoms with van der Waals surface area (Å²) in [6.07, 6.45) is 1.44. The van der Waals surface area contributed by atoms with Gasteiger partial charge in [0.25, 0.3) is 0 Å². The average Bonchev–Trinajstić information content (AvgIpc) is 2.43. The average molecular weight is 312 g/mol. The van der Waals surface area contributed by atoms with Crippen molar-refractivity contribution < 1.29 is 9.94 Å². The summed E-state index contributed by atoms with van der Waals surface area (Å²) in [5, 5.41) is 12.2. The van der Waals surface area contributed by atoms with Crippen molar-refractivity contribution in [3.8, 4) is 11.6 Å². The lowest BCUT2D eigenvalue weighted by Crippen LogP contribution is -2.14. The van der Waals surface area contributed by atoms with Crippen LogP contribution in [0.1, 0.15) is 11.1 Å². The molecule has 0 bridgehead atoms. The van der Waals surface area contributed by atoms with E-state index in [-0.39, 0.29) is 16.7 Å². The quantitative estimate of drug-likeness (QED) is 0.393. The van der Waals surface area contributed by atoms with Gasteiger partial charge >= 0.3 is 0 Å². The van der Waals surface area contributed by atoms with Crippen LogP contribution in [-0.4, -0.2) is 16.0 Å². The summed E-state index contributed by atoms with van der Waals surface area (Å²) in [7, 11) is 0. The zero-order valence-corrected chi connectivity index (χ0v) is 12.0. The topological polar surface area (TPSA) is 80.7 Å². The summed E-state index contributed by atoms with van der Waals surface area (Å²) >= 11 is 12.2. The van der Waals surface area contributed by atoms with Crippen molar-refractivity contribution in [2.75, 3.05) is 0 Å². The van der Waals surface area contributed by atoms with E-state index in [4.69, 9.17) is 38.9 Å². The van der Waals surface area contributed by atoms with Crippen LogP contribution in [0.2, 0.25) is 10.0 Å². The molecule has 1 aromatic carbocycles. The van der Waals surface area contributed by atoms with Crippen LogP contribution in [-0.2, 0) is 0 Å². The van der Waals surface area contributed by atoms with E-state index < -0.39 is 0 Å². The van der Waals surface area contributed by atoms with Crippen molar-refractivity contribution in [1.82, 2.24) is 4.98 Å². The number of halogens is 2. The predicted molar refractivity (Wildman–Crippen MR) is 78.0 cm³/mol. The second-order valence-corrected chi connectivity index (χ2v) is 4.78. The molecule has 0 atom stereocenters. The highest BCUT2D eigenvalue weighted by atomic mass is 35.5. The molecule has 1 heterocycles. The molecule has 7 heteroatoms. The lowest BCUT2D eigenvalue weighted by Gasteiger charge is -2.10. The van der Waals surface area contributed by atoms with Gasteiger partial charge in [-0.25, -0.2) is 4.98 Å². The number of hydrogen-bond acceptors (Lipinski definition) is 4. The third-order valence-electron chi connectivity index (χ3n) is 2.53. The summed E-state index contributed by atoms with van der Waals surface area (Å²) in [5.74, 6) is 0.419. The van der Waals surface area contributed by atoms with Crippen molar-refractivity contribution >= 4 is 29.0 Å². The van der Waals surface area contributed by atoms with E-state index in [0.717, 1.165) is 5.56 Å². The Hall–Kier alpha value is -1.98. The maximum Gasteiger partial charge on any atom is 0.238 e. The molecule has 104 valence electrons. The molecule has 0 unspecified atom stereocenters. The van der Waals surface area contributed by atoms with Gasteiger partial charge in [-0.15, -0.1) is 0 Å². The van der Waals surface area contributed by atoms with Crippen LogP contribution in [0.5, 0.6) is 11.6 Å². The van der Waals surface area contributed by atoms with Crippen LogP contribution in [0, 0.1) is 6.92 Å². The maximum atomic E-state index is 8.69. The van der Waals surface area contributed by atoms with Gasteiger partial charge in [0.05, 0.1) is 5.02 Å². The van der Waals surface area contributed by atoms with Crippen molar-refractivity contribution in [3.05, 3.63) is 51.6 Å². The normalized spacial score (nSPS) is 11.4. The number of pyridine rings is 1. The highest BCUT2D eigenvalue weighted by molar-refractivity contribution is 6.35. The Morgan fingerprint density at radius 1 is 1.35 bits per heavy atom. The predicted octanol–water partition coefficient (Wildman–Crippen LogP) is 3.58. The SMILES string of the molecule is Cc1ccc(Oc2nccc(/C(N)=N/O)c2Cl)c(Cl)c1. The number of oxime groups is 1. The standard InChI is InChI=1S/C13H11Cl2N3O2/c1-7-2-3-10(9(14)6-7)20-13-11(15)8(4-5-17-13)12(16)18-19/h2-6,19H,1H3,(H2,16,18).